The van der Waals surface area contributed by atoms with Gasteiger partial charge < -0.3 is 20.7 Å². The average molecular weight is 442 g/mol. The second-order valence-corrected chi connectivity index (χ2v) is 7.74. The summed E-state index contributed by atoms with van der Waals surface area (Å²) in [4.78, 5) is 34.4. The molecule has 1 heterocycles. The highest BCUT2D eigenvalue weighted by atomic mass is 16.6. The number of amides is 2. The number of fused-ring (bicyclic) bond motifs is 1. The predicted molar refractivity (Wildman–Crippen MR) is 115 cm³/mol. The molecule has 0 atom stereocenters. The lowest BCUT2D eigenvalue weighted by Crippen LogP contribution is -2.37. The van der Waals surface area contributed by atoms with Gasteiger partial charge in [0.2, 0.25) is 5.52 Å². The third-order valence-electron chi connectivity index (χ3n) is 4.10. The monoisotopic (exact) mass is 442 g/mol. The van der Waals surface area contributed by atoms with E-state index in [1.54, 1.807) is 45.0 Å². The molecule has 168 valence electrons. The number of benzene rings is 2. The van der Waals surface area contributed by atoms with Crippen molar-refractivity contribution in [1.82, 2.24) is 20.9 Å². The maximum atomic E-state index is 12.3. The highest BCUT2D eigenvalue weighted by molar-refractivity contribution is 5.96. The van der Waals surface area contributed by atoms with Crippen molar-refractivity contribution < 1.29 is 23.9 Å². The van der Waals surface area contributed by atoms with Crippen LogP contribution in [0.1, 0.15) is 31.1 Å². The van der Waals surface area contributed by atoms with Crippen molar-refractivity contribution in [2.75, 3.05) is 18.4 Å². The average Bonchev–Trinajstić information content (AvgIpc) is 3.20. The number of aromatic nitrogens is 2. The van der Waals surface area contributed by atoms with E-state index in [-0.39, 0.29) is 35.7 Å². The maximum absolute atomic E-state index is 12.3. The van der Waals surface area contributed by atoms with Crippen molar-refractivity contribution in [3.8, 4) is 0 Å². The maximum Gasteiger partial charge on any atom is 0.407 e. The number of rotatable bonds is 7. The molecule has 0 aliphatic rings. The van der Waals surface area contributed by atoms with Crippen molar-refractivity contribution >= 4 is 40.1 Å². The van der Waals surface area contributed by atoms with E-state index in [1.807, 2.05) is 0 Å². The Hall–Kier alpha value is -4.22. The number of hydrogen-bond acceptors (Lipinski definition) is 9. The molecule has 2 amide bonds. The molecule has 0 bridgehead atoms. The van der Waals surface area contributed by atoms with Crippen molar-refractivity contribution in [2.24, 2.45) is 0 Å². The Morgan fingerprint density at radius 1 is 1.03 bits per heavy atom. The molecule has 32 heavy (non-hydrogen) atoms. The molecule has 3 rings (SSSR count). The topological polar surface area (TPSA) is 162 Å². The first-order valence-electron chi connectivity index (χ1n) is 9.66. The molecule has 0 spiro atoms. The minimum Gasteiger partial charge on any atom is -0.444 e. The molecule has 1 aromatic heterocycles. The minimum atomic E-state index is -0.590. The van der Waals surface area contributed by atoms with Crippen LogP contribution < -0.4 is 16.0 Å². The molecule has 3 aromatic rings. The molecular formula is C20H22N6O6. The van der Waals surface area contributed by atoms with Gasteiger partial charge >= 0.3 is 11.8 Å². The summed E-state index contributed by atoms with van der Waals surface area (Å²) in [5.41, 5.74) is 0.982. The van der Waals surface area contributed by atoms with Crippen LogP contribution in [0.15, 0.2) is 41.0 Å². The van der Waals surface area contributed by atoms with Crippen LogP contribution in [0.25, 0.3) is 11.0 Å². The molecule has 0 aliphatic carbocycles. The van der Waals surface area contributed by atoms with Gasteiger partial charge in [0.25, 0.3) is 5.91 Å². The summed E-state index contributed by atoms with van der Waals surface area (Å²) in [5.74, 6) is -0.305. The number of non-ortho nitro benzene ring substituents is 1. The second kappa shape index (κ2) is 9.29. The van der Waals surface area contributed by atoms with Crippen LogP contribution >= 0.6 is 0 Å². The SMILES string of the molecule is CC(C)(C)OC(=O)NCCNC(=O)c1ccc(Nc2ccc([N+](=O)[O-])c3nonc23)cc1. The number of hydrogen-bond donors (Lipinski definition) is 3. The normalized spacial score (nSPS) is 11.1. The molecule has 0 radical (unpaired) electrons. The largest absolute Gasteiger partial charge is 0.444 e. The first kappa shape index (κ1) is 22.5. The van der Waals surface area contributed by atoms with Crippen LogP contribution in [0.4, 0.5) is 21.9 Å². The van der Waals surface area contributed by atoms with Crippen LogP contribution in [0.3, 0.4) is 0 Å². The van der Waals surface area contributed by atoms with Gasteiger partial charge in [-0.25, -0.2) is 9.42 Å². The number of nitro groups is 1. The second-order valence-electron chi connectivity index (χ2n) is 7.74. The number of nitrogens with one attached hydrogen (secondary N) is 3. The molecule has 0 saturated heterocycles. The third-order valence-corrected chi connectivity index (χ3v) is 4.10. The van der Waals surface area contributed by atoms with E-state index >= 15 is 0 Å². The smallest absolute Gasteiger partial charge is 0.407 e. The third kappa shape index (κ3) is 5.68. The van der Waals surface area contributed by atoms with Crippen LogP contribution in [0.5, 0.6) is 0 Å². The molecule has 0 saturated carbocycles. The minimum absolute atomic E-state index is 0.0380. The number of carbonyl (C=O) groups excluding carboxylic acids is 2. The van der Waals surface area contributed by atoms with Crippen molar-refractivity contribution in [1.29, 1.82) is 0 Å². The summed E-state index contributed by atoms with van der Waals surface area (Å²) >= 11 is 0. The lowest BCUT2D eigenvalue weighted by atomic mass is 10.1. The molecule has 12 nitrogen and oxygen atoms in total. The van der Waals surface area contributed by atoms with E-state index in [2.05, 4.69) is 30.9 Å². The highest BCUT2D eigenvalue weighted by Crippen LogP contribution is 2.30. The number of ether oxygens (including phenoxy) is 1. The van der Waals surface area contributed by atoms with E-state index in [4.69, 9.17) is 4.74 Å². The first-order chi connectivity index (χ1) is 15.1. The van der Waals surface area contributed by atoms with Gasteiger partial charge in [-0.05, 0) is 61.4 Å². The number of anilines is 2. The number of nitrogens with zero attached hydrogens (tertiary/aromatic N) is 3. The summed E-state index contributed by atoms with van der Waals surface area (Å²) in [6.45, 7) is 5.75. The fourth-order valence-corrected chi connectivity index (χ4v) is 2.72. The highest BCUT2D eigenvalue weighted by Gasteiger charge is 2.20. The zero-order chi connectivity index (χ0) is 23.3. The summed E-state index contributed by atoms with van der Waals surface area (Å²) in [6.07, 6.45) is -0.551. The van der Waals surface area contributed by atoms with Gasteiger partial charge in [-0.15, -0.1) is 0 Å². The van der Waals surface area contributed by atoms with Gasteiger partial charge in [-0.1, -0.05) is 0 Å². The van der Waals surface area contributed by atoms with Gasteiger partial charge in [0.1, 0.15) is 5.60 Å². The molecule has 0 aliphatic heterocycles. The van der Waals surface area contributed by atoms with Gasteiger partial charge in [0.15, 0.2) is 5.52 Å². The summed E-state index contributed by atoms with van der Waals surface area (Å²) < 4.78 is 9.75. The van der Waals surface area contributed by atoms with E-state index in [0.717, 1.165) is 0 Å². The summed E-state index contributed by atoms with van der Waals surface area (Å²) in [6, 6.07) is 9.39. The van der Waals surface area contributed by atoms with Gasteiger partial charge in [0.05, 0.1) is 10.6 Å². The fourth-order valence-electron chi connectivity index (χ4n) is 2.72. The first-order valence-corrected chi connectivity index (χ1v) is 9.66. The summed E-state index contributed by atoms with van der Waals surface area (Å²) in [5, 5.41) is 26.7. The Labute approximate surface area is 182 Å². The number of nitro benzene ring substituents is 1. The number of carbonyl (C=O) groups is 2. The van der Waals surface area contributed by atoms with Gasteiger partial charge in [-0.2, -0.15) is 0 Å². The van der Waals surface area contributed by atoms with Crippen molar-refractivity contribution in [3.63, 3.8) is 0 Å². The fraction of sp³-hybridized carbons (Fsp3) is 0.300. The van der Waals surface area contributed by atoms with Crippen LogP contribution in [0.2, 0.25) is 0 Å². The van der Waals surface area contributed by atoms with E-state index in [0.29, 0.717) is 16.9 Å². The molecule has 2 aromatic carbocycles. The molecular weight excluding hydrogens is 420 g/mol. The van der Waals surface area contributed by atoms with Crippen LogP contribution in [0, 0.1) is 10.1 Å². The Kier molecular flexibility index (Phi) is 6.52. The van der Waals surface area contributed by atoms with Crippen LogP contribution in [-0.4, -0.2) is 45.9 Å². The Morgan fingerprint density at radius 3 is 2.34 bits per heavy atom. The molecule has 0 fully saturated rings. The lowest BCUT2D eigenvalue weighted by molar-refractivity contribution is -0.383. The molecule has 12 heteroatoms. The zero-order valence-corrected chi connectivity index (χ0v) is 17.7. The molecule has 0 unspecified atom stereocenters. The van der Waals surface area contributed by atoms with Crippen molar-refractivity contribution in [2.45, 2.75) is 26.4 Å². The van der Waals surface area contributed by atoms with Gasteiger partial charge in [-0.3, -0.25) is 14.9 Å². The number of alkyl carbamates (subject to hydrolysis) is 1. The predicted octanol–water partition coefficient (Wildman–Crippen LogP) is 3.13. The summed E-state index contributed by atoms with van der Waals surface area (Å²) in [7, 11) is 0. The Balaban J connectivity index is 1.55. The van der Waals surface area contributed by atoms with Crippen LogP contribution in [-0.2, 0) is 4.74 Å². The lowest BCUT2D eigenvalue weighted by Gasteiger charge is -2.19. The van der Waals surface area contributed by atoms with E-state index in [1.165, 1.54) is 12.1 Å². The Bertz CT molecular complexity index is 1140. The van der Waals surface area contributed by atoms with Gasteiger partial charge in [0, 0.05) is 30.4 Å². The quantitative estimate of drug-likeness (QED) is 0.283. The standard InChI is InChI=1S/C20H22N6O6/c1-20(2,3)31-19(28)22-11-10-21-18(27)12-4-6-13(7-5-12)23-14-8-9-15(26(29)30)17-16(14)24-32-25-17/h4-9,23H,10-11H2,1-3H3,(H,21,27)(H,22,28). The Morgan fingerprint density at radius 2 is 1.69 bits per heavy atom. The van der Waals surface area contributed by atoms with E-state index < -0.39 is 16.6 Å². The van der Waals surface area contributed by atoms with Crippen molar-refractivity contribution in [3.05, 3.63) is 52.1 Å². The van der Waals surface area contributed by atoms with E-state index in [9.17, 15) is 19.7 Å². The molecule has 3 N–H and O–H groups in total. The zero-order valence-electron chi connectivity index (χ0n) is 17.7.